The van der Waals surface area contributed by atoms with Gasteiger partial charge in [-0.15, -0.1) is 11.8 Å². The molecule has 1 aliphatic rings. The van der Waals surface area contributed by atoms with Crippen molar-refractivity contribution < 1.29 is 32.4 Å². The van der Waals surface area contributed by atoms with E-state index in [1.807, 2.05) is 0 Å². The second kappa shape index (κ2) is 8.22. The van der Waals surface area contributed by atoms with Crippen LogP contribution in [-0.4, -0.2) is 29.1 Å². The largest absolute Gasteiger partial charge is 0.496 e. The number of nitro groups is 1. The van der Waals surface area contributed by atoms with Crippen molar-refractivity contribution in [2.45, 2.75) is 22.7 Å². The van der Waals surface area contributed by atoms with Crippen molar-refractivity contribution in [2.24, 2.45) is 0 Å². The second-order valence-corrected chi connectivity index (χ2v) is 7.44. The minimum atomic E-state index is -4.55. The van der Waals surface area contributed by atoms with Gasteiger partial charge in [0.1, 0.15) is 11.4 Å². The van der Waals surface area contributed by atoms with Crippen molar-refractivity contribution >= 4 is 40.6 Å². The predicted molar refractivity (Wildman–Crippen MR) is 103 cm³/mol. The number of benzene rings is 2. The molecule has 1 atom stereocenters. The number of fused-ring (bicyclic) bond motifs is 1. The lowest BCUT2D eigenvalue weighted by molar-refractivity contribution is -0.384. The van der Waals surface area contributed by atoms with Gasteiger partial charge in [-0.1, -0.05) is 0 Å². The summed E-state index contributed by atoms with van der Waals surface area (Å²) < 4.78 is 43.4. The Labute approximate surface area is 171 Å². The van der Waals surface area contributed by atoms with Crippen molar-refractivity contribution in [3.8, 4) is 5.75 Å². The molecule has 0 spiro atoms. The normalized spacial score (nSPS) is 15.7. The number of amides is 2. The molecule has 1 heterocycles. The Morgan fingerprint density at radius 2 is 2.03 bits per heavy atom. The van der Waals surface area contributed by atoms with E-state index in [4.69, 9.17) is 4.74 Å². The average molecular weight is 441 g/mol. The molecule has 0 radical (unpaired) electrons. The molecule has 0 aromatic heterocycles. The lowest BCUT2D eigenvalue weighted by Gasteiger charge is -2.24. The molecule has 12 heteroatoms. The first-order valence-corrected chi connectivity index (χ1v) is 9.27. The maximum atomic E-state index is 12.8. The van der Waals surface area contributed by atoms with Gasteiger partial charge in [0.25, 0.3) is 5.69 Å². The van der Waals surface area contributed by atoms with Gasteiger partial charge in [0, 0.05) is 11.3 Å². The minimum absolute atomic E-state index is 0.0160. The van der Waals surface area contributed by atoms with Crippen LogP contribution in [0.25, 0.3) is 0 Å². The zero-order valence-corrected chi connectivity index (χ0v) is 16.1. The van der Waals surface area contributed by atoms with Gasteiger partial charge < -0.3 is 15.4 Å². The third-order valence-electron chi connectivity index (χ3n) is 4.17. The molecule has 8 nitrogen and oxygen atoms in total. The molecular weight excluding hydrogens is 427 g/mol. The van der Waals surface area contributed by atoms with Crippen molar-refractivity contribution in [1.29, 1.82) is 0 Å². The number of nitrogens with one attached hydrogen (secondary N) is 2. The quantitative estimate of drug-likeness (QED) is 0.535. The zero-order chi connectivity index (χ0) is 22.1. The number of methoxy groups -OCH3 is 1. The lowest BCUT2D eigenvalue weighted by atomic mass is 10.1. The molecular formula is C18H14F3N3O5S. The smallest absolute Gasteiger partial charge is 0.416 e. The molecule has 2 aromatic rings. The van der Waals surface area contributed by atoms with Crippen molar-refractivity contribution in [3.63, 3.8) is 0 Å². The second-order valence-electron chi connectivity index (χ2n) is 6.20. The van der Waals surface area contributed by atoms with E-state index >= 15 is 0 Å². The summed E-state index contributed by atoms with van der Waals surface area (Å²) in [6.07, 6.45) is -4.88. The molecule has 2 amide bonds. The topological polar surface area (TPSA) is 111 Å². The van der Waals surface area contributed by atoms with E-state index in [2.05, 4.69) is 10.6 Å². The van der Waals surface area contributed by atoms with Crippen LogP contribution in [0, 0.1) is 10.1 Å². The van der Waals surface area contributed by atoms with Gasteiger partial charge in [-0.3, -0.25) is 19.7 Å². The number of alkyl halides is 3. The number of thioether (sulfide) groups is 1. The summed E-state index contributed by atoms with van der Waals surface area (Å²) >= 11 is 0.946. The average Bonchev–Trinajstić information content (AvgIpc) is 2.67. The van der Waals surface area contributed by atoms with E-state index in [0.717, 1.165) is 30.0 Å². The fourth-order valence-electron chi connectivity index (χ4n) is 2.73. The number of ether oxygens (including phenoxy) is 1. The van der Waals surface area contributed by atoms with Crippen molar-refractivity contribution in [2.75, 3.05) is 17.7 Å². The number of anilines is 2. The Morgan fingerprint density at radius 3 is 2.67 bits per heavy atom. The zero-order valence-electron chi connectivity index (χ0n) is 15.3. The van der Waals surface area contributed by atoms with Crippen LogP contribution < -0.4 is 15.4 Å². The number of rotatable bonds is 5. The summed E-state index contributed by atoms with van der Waals surface area (Å²) in [4.78, 5) is 35.5. The molecule has 3 rings (SSSR count). The van der Waals surface area contributed by atoms with Crippen LogP contribution >= 0.6 is 11.8 Å². The third-order valence-corrected chi connectivity index (χ3v) is 5.45. The number of hydrogen-bond donors (Lipinski definition) is 2. The van der Waals surface area contributed by atoms with Gasteiger partial charge in [-0.2, -0.15) is 13.2 Å². The molecule has 2 aromatic carbocycles. The van der Waals surface area contributed by atoms with E-state index < -0.39 is 33.7 Å². The standard InChI is InChI=1S/C18H14F3N3O5S/c1-29-10-3-4-11(13(7-10)24(27)28)22-16(25)8-15-17(26)23-12-6-9(18(19,20)21)2-5-14(12)30-15/h2-7,15H,8H2,1H3,(H,22,25)(H,23,26)/t15-/m0/s1. The summed E-state index contributed by atoms with van der Waals surface area (Å²) in [6, 6.07) is 6.82. The van der Waals surface area contributed by atoms with Crippen LogP contribution in [0.4, 0.5) is 30.2 Å². The summed E-state index contributed by atoms with van der Waals surface area (Å²) in [6.45, 7) is 0. The van der Waals surface area contributed by atoms with Gasteiger partial charge >= 0.3 is 6.18 Å². The van der Waals surface area contributed by atoms with Gasteiger partial charge in [-0.05, 0) is 30.3 Å². The van der Waals surface area contributed by atoms with Crippen LogP contribution in [0.1, 0.15) is 12.0 Å². The molecule has 0 aliphatic carbocycles. The van der Waals surface area contributed by atoms with Gasteiger partial charge in [0.15, 0.2) is 0 Å². The van der Waals surface area contributed by atoms with Crippen LogP contribution in [0.5, 0.6) is 5.75 Å². The number of nitro benzene ring substituents is 1. The highest BCUT2D eigenvalue weighted by Crippen LogP contribution is 2.40. The first-order chi connectivity index (χ1) is 14.1. The summed E-state index contributed by atoms with van der Waals surface area (Å²) in [5, 5.41) is 15.0. The molecule has 1 aliphatic heterocycles. The minimum Gasteiger partial charge on any atom is -0.496 e. The summed E-state index contributed by atoms with van der Waals surface area (Å²) in [5.74, 6) is -1.06. The van der Waals surface area contributed by atoms with Gasteiger partial charge in [0.05, 0.1) is 34.6 Å². The molecule has 0 unspecified atom stereocenters. The molecule has 2 N–H and O–H groups in total. The number of nitrogens with zero attached hydrogens (tertiary/aromatic N) is 1. The predicted octanol–water partition coefficient (Wildman–Crippen LogP) is 4.06. The fraction of sp³-hybridized carbons (Fsp3) is 0.222. The van der Waals surface area contributed by atoms with Crippen molar-refractivity contribution in [1.82, 2.24) is 0 Å². The first-order valence-electron chi connectivity index (χ1n) is 8.39. The number of carbonyl (C=O) groups excluding carboxylic acids is 2. The van der Waals surface area contributed by atoms with Crippen LogP contribution in [-0.2, 0) is 15.8 Å². The Bertz CT molecular complexity index is 1030. The van der Waals surface area contributed by atoms with Gasteiger partial charge in [-0.25, -0.2) is 0 Å². The SMILES string of the molecule is COc1ccc(NC(=O)C[C@@H]2Sc3ccc(C(F)(F)F)cc3NC2=O)c([N+](=O)[O-])c1. The highest BCUT2D eigenvalue weighted by atomic mass is 32.2. The van der Waals surface area contributed by atoms with Gasteiger partial charge in [0.2, 0.25) is 11.8 Å². The molecule has 0 fully saturated rings. The molecule has 158 valence electrons. The van der Waals surface area contributed by atoms with E-state index in [9.17, 15) is 32.9 Å². The molecule has 30 heavy (non-hydrogen) atoms. The van der Waals surface area contributed by atoms with E-state index in [1.165, 1.54) is 25.3 Å². The summed E-state index contributed by atoms with van der Waals surface area (Å²) in [7, 11) is 1.34. The Morgan fingerprint density at radius 1 is 1.30 bits per heavy atom. The lowest BCUT2D eigenvalue weighted by Crippen LogP contribution is -2.32. The van der Waals surface area contributed by atoms with Crippen LogP contribution in [0.3, 0.4) is 0 Å². The van der Waals surface area contributed by atoms with E-state index in [-0.39, 0.29) is 29.2 Å². The highest BCUT2D eigenvalue weighted by Gasteiger charge is 2.34. The number of halogens is 3. The maximum absolute atomic E-state index is 12.8. The maximum Gasteiger partial charge on any atom is 0.416 e. The van der Waals surface area contributed by atoms with E-state index in [1.54, 1.807) is 0 Å². The number of carbonyl (C=O) groups is 2. The molecule has 0 bridgehead atoms. The fourth-order valence-corrected chi connectivity index (χ4v) is 3.82. The summed E-state index contributed by atoms with van der Waals surface area (Å²) in [5.41, 5.74) is -1.33. The number of hydrogen-bond acceptors (Lipinski definition) is 6. The highest BCUT2D eigenvalue weighted by molar-refractivity contribution is 8.01. The Kier molecular flexibility index (Phi) is 5.87. The first kappa shape index (κ1) is 21.4. The van der Waals surface area contributed by atoms with Crippen LogP contribution in [0.15, 0.2) is 41.3 Å². The Hall–Kier alpha value is -3.28. The molecule has 0 saturated carbocycles. The monoisotopic (exact) mass is 441 g/mol. The van der Waals surface area contributed by atoms with Crippen LogP contribution in [0.2, 0.25) is 0 Å². The molecule has 0 saturated heterocycles. The third kappa shape index (κ3) is 4.64. The van der Waals surface area contributed by atoms with E-state index in [0.29, 0.717) is 4.90 Å². The Balaban J connectivity index is 1.73. The van der Waals surface area contributed by atoms with Crippen molar-refractivity contribution in [3.05, 3.63) is 52.1 Å².